The van der Waals surface area contributed by atoms with E-state index in [2.05, 4.69) is 50.9 Å². The highest BCUT2D eigenvalue weighted by molar-refractivity contribution is 6.16. The zero-order valence-corrected chi connectivity index (χ0v) is 17.7. The average molecular weight is 425 g/mol. The minimum Gasteiger partial charge on any atom is -0.369 e. The van der Waals surface area contributed by atoms with E-state index >= 15 is 0 Å². The second-order valence-electron chi connectivity index (χ2n) is 8.41. The molecule has 0 spiro atoms. The summed E-state index contributed by atoms with van der Waals surface area (Å²) in [7, 11) is 0. The van der Waals surface area contributed by atoms with Gasteiger partial charge in [-0.1, -0.05) is 42.5 Å². The minimum absolute atomic E-state index is 0.741. The van der Waals surface area contributed by atoms with Crippen LogP contribution in [0.25, 0.3) is 55.4 Å². The Morgan fingerprint density at radius 1 is 0.636 bits per heavy atom. The highest BCUT2D eigenvalue weighted by Gasteiger charge is 2.28. The molecule has 1 aliphatic heterocycles. The summed E-state index contributed by atoms with van der Waals surface area (Å²) in [6, 6.07) is 30.8. The summed E-state index contributed by atoms with van der Waals surface area (Å²) >= 11 is 0. The molecule has 3 aromatic carbocycles. The lowest BCUT2D eigenvalue weighted by molar-refractivity contribution is 0.155. The molecule has 0 aliphatic carbocycles. The van der Waals surface area contributed by atoms with Crippen LogP contribution >= 0.6 is 0 Å². The molecule has 1 N–H and O–H groups in total. The zero-order chi connectivity index (χ0) is 21.9. The van der Waals surface area contributed by atoms with Crippen molar-refractivity contribution in [2.75, 3.05) is 0 Å². The standard InChI is InChI=1S/C29H19N3O/c33-29-21-8-2-1-7-20(21)23-16-19(26-10-4-6-14-31-26)17-24-22-15-18(25-9-3-5-13-30-25)11-12-27(22)32(29)28(23)24/h1-17,29,33H. The van der Waals surface area contributed by atoms with E-state index in [1.165, 1.54) is 0 Å². The maximum absolute atomic E-state index is 11.4. The number of benzene rings is 3. The van der Waals surface area contributed by atoms with Crippen LogP contribution in [0.2, 0.25) is 0 Å². The molecule has 7 rings (SSSR count). The topological polar surface area (TPSA) is 50.9 Å². The van der Waals surface area contributed by atoms with Gasteiger partial charge in [0.2, 0.25) is 0 Å². The van der Waals surface area contributed by atoms with Crippen LogP contribution in [0.15, 0.2) is 103 Å². The zero-order valence-electron chi connectivity index (χ0n) is 17.7. The molecule has 0 fully saturated rings. The molecule has 0 radical (unpaired) electrons. The van der Waals surface area contributed by atoms with Crippen LogP contribution in [-0.4, -0.2) is 19.6 Å². The number of rotatable bonds is 2. The van der Waals surface area contributed by atoms with Crippen LogP contribution in [0.3, 0.4) is 0 Å². The van der Waals surface area contributed by atoms with E-state index in [0.717, 1.165) is 61.0 Å². The van der Waals surface area contributed by atoms with E-state index in [9.17, 15) is 5.11 Å². The molecule has 156 valence electrons. The number of aromatic nitrogens is 3. The van der Waals surface area contributed by atoms with Gasteiger partial charge in [-0.05, 0) is 54.1 Å². The molecule has 4 heterocycles. The van der Waals surface area contributed by atoms with Crippen LogP contribution in [0.1, 0.15) is 11.8 Å². The van der Waals surface area contributed by atoms with E-state index in [4.69, 9.17) is 0 Å². The predicted octanol–water partition coefficient (Wildman–Crippen LogP) is 6.44. The lowest BCUT2D eigenvalue weighted by Gasteiger charge is -2.26. The van der Waals surface area contributed by atoms with Gasteiger partial charge in [0.25, 0.3) is 0 Å². The summed E-state index contributed by atoms with van der Waals surface area (Å²) in [6.45, 7) is 0. The number of fused-ring (bicyclic) bond motifs is 5. The Morgan fingerprint density at radius 2 is 1.33 bits per heavy atom. The van der Waals surface area contributed by atoms with Gasteiger partial charge in [-0.15, -0.1) is 0 Å². The monoisotopic (exact) mass is 425 g/mol. The Bertz CT molecular complexity index is 1670. The van der Waals surface area contributed by atoms with Crippen molar-refractivity contribution in [3.63, 3.8) is 0 Å². The molecule has 0 bridgehead atoms. The van der Waals surface area contributed by atoms with E-state index in [-0.39, 0.29) is 0 Å². The fourth-order valence-corrected chi connectivity index (χ4v) is 5.12. The van der Waals surface area contributed by atoms with Crippen molar-refractivity contribution in [2.24, 2.45) is 0 Å². The highest BCUT2D eigenvalue weighted by Crippen LogP contribution is 2.47. The third kappa shape index (κ3) is 2.62. The number of aliphatic hydroxyl groups excluding tert-OH is 1. The van der Waals surface area contributed by atoms with Crippen molar-refractivity contribution in [3.8, 4) is 33.6 Å². The lowest BCUT2D eigenvalue weighted by Crippen LogP contribution is -2.15. The average Bonchev–Trinajstić information content (AvgIpc) is 3.22. The molecule has 1 aliphatic rings. The van der Waals surface area contributed by atoms with Crippen LogP contribution in [0, 0.1) is 0 Å². The third-order valence-corrected chi connectivity index (χ3v) is 6.59. The number of hydrogen-bond donors (Lipinski definition) is 1. The minimum atomic E-state index is -0.741. The summed E-state index contributed by atoms with van der Waals surface area (Å²) in [5, 5.41) is 13.6. The van der Waals surface area contributed by atoms with Crippen molar-refractivity contribution < 1.29 is 5.11 Å². The number of pyridine rings is 2. The lowest BCUT2D eigenvalue weighted by atomic mass is 9.91. The summed E-state index contributed by atoms with van der Waals surface area (Å²) in [5.74, 6) is 0. The van der Waals surface area contributed by atoms with Gasteiger partial charge in [0.05, 0.1) is 22.4 Å². The summed E-state index contributed by atoms with van der Waals surface area (Å²) < 4.78 is 2.06. The van der Waals surface area contributed by atoms with Crippen LogP contribution in [0.5, 0.6) is 0 Å². The number of nitrogens with zero attached hydrogens (tertiary/aromatic N) is 3. The highest BCUT2D eigenvalue weighted by atomic mass is 16.3. The van der Waals surface area contributed by atoms with Crippen molar-refractivity contribution in [1.82, 2.24) is 14.5 Å². The van der Waals surface area contributed by atoms with Crippen LogP contribution in [-0.2, 0) is 0 Å². The van der Waals surface area contributed by atoms with E-state index in [0.29, 0.717) is 0 Å². The molecule has 1 atom stereocenters. The Balaban J connectivity index is 1.62. The first-order chi connectivity index (χ1) is 16.3. The molecule has 6 aromatic rings. The largest absolute Gasteiger partial charge is 0.369 e. The Kier molecular flexibility index (Phi) is 3.80. The quantitative estimate of drug-likeness (QED) is 0.347. The molecular formula is C29H19N3O. The fourth-order valence-electron chi connectivity index (χ4n) is 5.12. The van der Waals surface area contributed by atoms with Crippen molar-refractivity contribution >= 4 is 21.8 Å². The smallest absolute Gasteiger partial charge is 0.158 e. The van der Waals surface area contributed by atoms with Crippen LogP contribution in [0.4, 0.5) is 0 Å². The second kappa shape index (κ2) is 6.86. The first-order valence-electron chi connectivity index (χ1n) is 11.0. The van der Waals surface area contributed by atoms with Gasteiger partial charge in [-0.2, -0.15) is 0 Å². The summed E-state index contributed by atoms with van der Waals surface area (Å²) in [6.07, 6.45) is 2.90. The normalized spacial score (nSPS) is 14.5. The van der Waals surface area contributed by atoms with Gasteiger partial charge in [0, 0.05) is 45.4 Å². The predicted molar refractivity (Wildman–Crippen MR) is 132 cm³/mol. The first-order valence-corrected chi connectivity index (χ1v) is 11.0. The van der Waals surface area contributed by atoms with Crippen LogP contribution < -0.4 is 0 Å². The first kappa shape index (κ1) is 18.3. The molecule has 0 amide bonds. The summed E-state index contributed by atoms with van der Waals surface area (Å²) in [4.78, 5) is 9.15. The molecule has 0 saturated heterocycles. The Morgan fingerprint density at radius 3 is 2.09 bits per heavy atom. The maximum Gasteiger partial charge on any atom is 0.158 e. The Hall–Kier alpha value is -4.28. The van der Waals surface area contributed by atoms with E-state index in [1.54, 1.807) is 0 Å². The number of aliphatic hydroxyl groups is 1. The van der Waals surface area contributed by atoms with Crippen molar-refractivity contribution in [2.45, 2.75) is 6.23 Å². The van der Waals surface area contributed by atoms with Gasteiger partial charge in [0.1, 0.15) is 0 Å². The fraction of sp³-hybridized carbons (Fsp3) is 0.0345. The van der Waals surface area contributed by atoms with Gasteiger partial charge >= 0.3 is 0 Å². The SMILES string of the molecule is OC1c2ccccc2-c2cc(-c3ccccn3)cc3c4cc(-c5ccccn5)ccc4n1c23. The summed E-state index contributed by atoms with van der Waals surface area (Å²) in [5.41, 5.74) is 9.12. The van der Waals surface area contributed by atoms with Gasteiger partial charge in [-0.3, -0.25) is 9.97 Å². The van der Waals surface area contributed by atoms with Gasteiger partial charge < -0.3 is 9.67 Å². The van der Waals surface area contributed by atoms with Crippen molar-refractivity contribution in [1.29, 1.82) is 0 Å². The van der Waals surface area contributed by atoms with Gasteiger partial charge in [-0.25, -0.2) is 0 Å². The molecule has 1 unspecified atom stereocenters. The molecule has 4 nitrogen and oxygen atoms in total. The molecule has 4 heteroatoms. The molecule has 3 aromatic heterocycles. The molecule has 33 heavy (non-hydrogen) atoms. The molecular weight excluding hydrogens is 406 g/mol. The van der Waals surface area contributed by atoms with Crippen molar-refractivity contribution in [3.05, 3.63) is 109 Å². The second-order valence-corrected chi connectivity index (χ2v) is 8.41. The maximum atomic E-state index is 11.4. The number of hydrogen-bond acceptors (Lipinski definition) is 3. The third-order valence-electron chi connectivity index (χ3n) is 6.59. The van der Waals surface area contributed by atoms with E-state index in [1.807, 2.05) is 67.0 Å². The van der Waals surface area contributed by atoms with E-state index < -0.39 is 6.23 Å². The van der Waals surface area contributed by atoms with Gasteiger partial charge in [0.15, 0.2) is 6.23 Å². The molecule has 0 saturated carbocycles. The Labute approximate surface area is 190 Å².